The van der Waals surface area contributed by atoms with Crippen molar-refractivity contribution in [3.05, 3.63) is 46.2 Å². The summed E-state index contributed by atoms with van der Waals surface area (Å²) in [4.78, 5) is 38.1. The van der Waals surface area contributed by atoms with Crippen molar-refractivity contribution in [3.63, 3.8) is 0 Å². The smallest absolute Gasteiger partial charge is 0.326 e. The van der Waals surface area contributed by atoms with Gasteiger partial charge >= 0.3 is 5.97 Å². The van der Waals surface area contributed by atoms with Crippen LogP contribution in [0.5, 0.6) is 0 Å². The third-order valence-electron chi connectivity index (χ3n) is 3.63. The first-order valence-electron chi connectivity index (χ1n) is 6.72. The van der Waals surface area contributed by atoms with Crippen molar-refractivity contribution < 1.29 is 14.7 Å². The predicted octanol–water partition coefficient (Wildman–Crippen LogP) is 1.12. The van der Waals surface area contributed by atoms with Gasteiger partial charge in [-0.25, -0.2) is 4.79 Å². The Balaban J connectivity index is 1.91. The highest BCUT2D eigenvalue weighted by Crippen LogP contribution is 2.32. The van der Waals surface area contributed by atoms with Crippen LogP contribution in [0.2, 0.25) is 0 Å². The van der Waals surface area contributed by atoms with Crippen LogP contribution >= 0.6 is 0 Å². The summed E-state index contributed by atoms with van der Waals surface area (Å²) in [5, 5.41) is 12.1. The van der Waals surface area contributed by atoms with E-state index in [9.17, 15) is 14.4 Å². The number of hydrogen-bond acceptors (Lipinski definition) is 3. The maximum atomic E-state index is 12.1. The number of hydrogen-bond donors (Lipinski definition) is 3. The van der Waals surface area contributed by atoms with Crippen LogP contribution in [0, 0.1) is 5.92 Å². The Morgan fingerprint density at radius 3 is 2.67 bits per heavy atom. The molecule has 0 radical (unpaired) electrons. The number of nitrogens with one attached hydrogen (secondary N) is 2. The summed E-state index contributed by atoms with van der Waals surface area (Å²) in [6.07, 6.45) is 1.59. The van der Waals surface area contributed by atoms with Crippen LogP contribution in [0.15, 0.2) is 35.1 Å². The summed E-state index contributed by atoms with van der Waals surface area (Å²) in [6, 6.07) is 7.16. The molecule has 1 fully saturated rings. The predicted molar refractivity (Wildman–Crippen MR) is 76.2 cm³/mol. The maximum Gasteiger partial charge on any atom is 0.326 e. The molecular formula is C15H14N2O4. The average Bonchev–Trinajstić information content (AvgIpc) is 3.28. The van der Waals surface area contributed by atoms with E-state index >= 15 is 0 Å². The minimum Gasteiger partial charge on any atom is -0.480 e. The van der Waals surface area contributed by atoms with Crippen LogP contribution in [-0.2, 0) is 4.79 Å². The fourth-order valence-electron chi connectivity index (χ4n) is 2.35. The molecule has 6 nitrogen and oxygen atoms in total. The van der Waals surface area contributed by atoms with Crippen molar-refractivity contribution in [1.29, 1.82) is 0 Å². The third-order valence-corrected chi connectivity index (χ3v) is 3.63. The van der Waals surface area contributed by atoms with Crippen LogP contribution in [0.25, 0.3) is 10.9 Å². The first-order chi connectivity index (χ1) is 10.1. The second-order valence-electron chi connectivity index (χ2n) is 5.22. The molecule has 1 aromatic heterocycles. The van der Waals surface area contributed by atoms with E-state index in [1.54, 1.807) is 24.3 Å². The molecule has 0 spiro atoms. The molecule has 6 heteroatoms. The second kappa shape index (κ2) is 5.05. The molecule has 0 aliphatic heterocycles. The van der Waals surface area contributed by atoms with Crippen molar-refractivity contribution >= 4 is 22.8 Å². The second-order valence-corrected chi connectivity index (χ2v) is 5.22. The molecule has 1 saturated carbocycles. The van der Waals surface area contributed by atoms with Gasteiger partial charge in [0.25, 0.3) is 5.91 Å². The SMILES string of the molecule is O=C(NC(C(=O)O)C1CC1)c1cc(=O)c2ccccc2[nH]1. The van der Waals surface area contributed by atoms with E-state index in [0.717, 1.165) is 12.8 Å². The number of aliphatic carboxylic acids is 1. The number of pyridine rings is 1. The van der Waals surface area contributed by atoms with Crippen LogP contribution in [0.3, 0.4) is 0 Å². The molecule has 21 heavy (non-hydrogen) atoms. The van der Waals surface area contributed by atoms with E-state index in [0.29, 0.717) is 10.9 Å². The maximum absolute atomic E-state index is 12.1. The topological polar surface area (TPSA) is 99.3 Å². The standard InChI is InChI=1S/C15H14N2O4/c18-12-7-11(16-10-4-2-1-3-9(10)12)14(19)17-13(15(20)21)8-5-6-8/h1-4,7-8,13H,5-6H2,(H,16,18)(H,17,19)(H,20,21). The van der Waals surface area contributed by atoms with Crippen LogP contribution in [0.4, 0.5) is 0 Å². The van der Waals surface area contributed by atoms with E-state index < -0.39 is 17.9 Å². The number of para-hydroxylation sites is 1. The molecule has 1 amide bonds. The Morgan fingerprint density at radius 2 is 2.00 bits per heavy atom. The van der Waals surface area contributed by atoms with E-state index in [2.05, 4.69) is 10.3 Å². The molecule has 2 aromatic rings. The molecule has 1 atom stereocenters. The summed E-state index contributed by atoms with van der Waals surface area (Å²) in [7, 11) is 0. The summed E-state index contributed by atoms with van der Waals surface area (Å²) in [5.41, 5.74) is 0.354. The monoisotopic (exact) mass is 286 g/mol. The van der Waals surface area contributed by atoms with Crippen LogP contribution in [0.1, 0.15) is 23.3 Å². The van der Waals surface area contributed by atoms with Gasteiger partial charge < -0.3 is 15.4 Å². The molecule has 1 unspecified atom stereocenters. The number of carboxylic acid groups (broad SMARTS) is 1. The fraction of sp³-hybridized carbons (Fsp3) is 0.267. The lowest BCUT2D eigenvalue weighted by Crippen LogP contribution is -2.42. The number of aromatic amines is 1. The lowest BCUT2D eigenvalue weighted by atomic mass is 10.1. The Labute approximate surface area is 119 Å². The summed E-state index contributed by atoms with van der Waals surface area (Å²) < 4.78 is 0. The van der Waals surface area contributed by atoms with Gasteiger partial charge in [0, 0.05) is 17.0 Å². The molecule has 1 aromatic carbocycles. The number of carbonyl (C=O) groups excluding carboxylic acids is 1. The van der Waals surface area contributed by atoms with Crippen LogP contribution < -0.4 is 10.7 Å². The first kappa shape index (κ1) is 13.4. The Hall–Kier alpha value is -2.63. The molecule has 108 valence electrons. The molecule has 3 rings (SSSR count). The number of carboxylic acids is 1. The molecule has 1 heterocycles. The normalized spacial score (nSPS) is 15.6. The lowest BCUT2D eigenvalue weighted by molar-refractivity contribution is -0.139. The molecule has 0 saturated heterocycles. The number of benzene rings is 1. The van der Waals surface area contributed by atoms with Gasteiger partial charge in [0.2, 0.25) is 0 Å². The van der Waals surface area contributed by atoms with E-state index in [-0.39, 0.29) is 17.0 Å². The van der Waals surface area contributed by atoms with Gasteiger partial charge in [0.05, 0.1) is 0 Å². The van der Waals surface area contributed by atoms with Gasteiger partial charge in [-0.3, -0.25) is 9.59 Å². The first-order valence-corrected chi connectivity index (χ1v) is 6.72. The zero-order chi connectivity index (χ0) is 15.0. The summed E-state index contributed by atoms with van der Waals surface area (Å²) >= 11 is 0. The van der Waals surface area contributed by atoms with Gasteiger partial charge in [-0.15, -0.1) is 0 Å². The van der Waals surface area contributed by atoms with E-state index in [1.165, 1.54) is 6.07 Å². The zero-order valence-electron chi connectivity index (χ0n) is 11.1. The quantitative estimate of drug-likeness (QED) is 0.784. The van der Waals surface area contributed by atoms with Crippen molar-refractivity contribution in [3.8, 4) is 0 Å². The molecule has 1 aliphatic rings. The van der Waals surface area contributed by atoms with Crippen molar-refractivity contribution in [2.75, 3.05) is 0 Å². The number of aromatic nitrogens is 1. The van der Waals surface area contributed by atoms with Gasteiger partial charge in [0.1, 0.15) is 11.7 Å². The highest BCUT2D eigenvalue weighted by Gasteiger charge is 2.37. The summed E-state index contributed by atoms with van der Waals surface area (Å²) in [5.74, 6) is -1.63. The number of H-pyrrole nitrogens is 1. The molecular weight excluding hydrogens is 272 g/mol. The number of rotatable bonds is 4. The lowest BCUT2D eigenvalue weighted by Gasteiger charge is -2.13. The number of carbonyl (C=O) groups is 2. The highest BCUT2D eigenvalue weighted by molar-refractivity contribution is 5.97. The molecule has 3 N–H and O–H groups in total. The van der Waals surface area contributed by atoms with Crippen molar-refractivity contribution in [2.24, 2.45) is 5.92 Å². The summed E-state index contributed by atoms with van der Waals surface area (Å²) in [6.45, 7) is 0. The zero-order valence-corrected chi connectivity index (χ0v) is 11.1. The molecule has 0 bridgehead atoms. The third kappa shape index (κ3) is 2.65. The Morgan fingerprint density at radius 1 is 1.29 bits per heavy atom. The Bertz CT molecular complexity index is 777. The Kier molecular flexibility index (Phi) is 3.21. The van der Waals surface area contributed by atoms with E-state index in [4.69, 9.17) is 5.11 Å². The fourth-order valence-corrected chi connectivity index (χ4v) is 2.35. The average molecular weight is 286 g/mol. The number of amides is 1. The van der Waals surface area contributed by atoms with Gasteiger partial charge in [-0.1, -0.05) is 12.1 Å². The number of fused-ring (bicyclic) bond motifs is 1. The van der Waals surface area contributed by atoms with Gasteiger partial charge in [0.15, 0.2) is 5.43 Å². The largest absolute Gasteiger partial charge is 0.480 e. The van der Waals surface area contributed by atoms with Crippen molar-refractivity contribution in [1.82, 2.24) is 10.3 Å². The van der Waals surface area contributed by atoms with Crippen molar-refractivity contribution in [2.45, 2.75) is 18.9 Å². The molecule has 1 aliphatic carbocycles. The minimum atomic E-state index is -1.05. The highest BCUT2D eigenvalue weighted by atomic mass is 16.4. The minimum absolute atomic E-state index is 0.0152. The van der Waals surface area contributed by atoms with Gasteiger partial charge in [-0.05, 0) is 30.9 Å². The van der Waals surface area contributed by atoms with Crippen LogP contribution in [-0.4, -0.2) is 28.0 Å². The van der Waals surface area contributed by atoms with E-state index in [1.807, 2.05) is 0 Å². The van der Waals surface area contributed by atoms with Gasteiger partial charge in [-0.2, -0.15) is 0 Å².